The Kier molecular flexibility index (Phi) is 9.09. The molecule has 8 nitrogen and oxygen atoms in total. The third-order valence-corrected chi connectivity index (χ3v) is 4.72. The highest BCUT2D eigenvalue weighted by molar-refractivity contribution is 7.80. The van der Waals surface area contributed by atoms with E-state index >= 15 is 0 Å². The molecule has 0 radical (unpaired) electrons. The maximum atomic E-state index is 12.9. The summed E-state index contributed by atoms with van der Waals surface area (Å²) in [6, 6.07) is 23.8. The summed E-state index contributed by atoms with van der Waals surface area (Å²) in [6.45, 7) is 1.87. The van der Waals surface area contributed by atoms with Crippen LogP contribution in [0.4, 0.5) is 22.7 Å². The van der Waals surface area contributed by atoms with Crippen molar-refractivity contribution in [2.75, 3.05) is 22.6 Å². The molecule has 4 N–H and O–H groups in total. The van der Waals surface area contributed by atoms with Crippen LogP contribution in [0, 0.1) is 0 Å². The Morgan fingerprint density at radius 1 is 0.800 bits per heavy atom. The van der Waals surface area contributed by atoms with E-state index < -0.39 is 11.9 Å². The highest BCUT2D eigenvalue weighted by atomic mass is 32.1. The molecule has 0 aromatic heterocycles. The quantitative estimate of drug-likeness (QED) is 0.208. The second-order valence-corrected chi connectivity index (χ2v) is 7.51. The topological polar surface area (TPSA) is 109 Å². The van der Waals surface area contributed by atoms with Gasteiger partial charge in [0.2, 0.25) is 5.91 Å². The highest BCUT2D eigenvalue weighted by Gasteiger charge is 2.13. The predicted octanol–water partition coefficient (Wildman–Crippen LogP) is 4.61. The van der Waals surface area contributed by atoms with Gasteiger partial charge in [-0.1, -0.05) is 30.3 Å². The van der Waals surface area contributed by atoms with Crippen LogP contribution in [0.15, 0.2) is 91.0 Å². The number of hydrogen-bond acceptors (Lipinski definition) is 6. The summed E-state index contributed by atoms with van der Waals surface area (Å²) in [7, 11) is 0. The molecule has 2 amide bonds. The van der Waals surface area contributed by atoms with Crippen molar-refractivity contribution in [3.8, 4) is 0 Å². The Bertz CT molecular complexity index is 1230. The molecule has 3 aromatic rings. The zero-order valence-electron chi connectivity index (χ0n) is 18.9. The zero-order valence-corrected chi connectivity index (χ0v) is 19.7. The van der Waals surface area contributed by atoms with Gasteiger partial charge in [-0.2, -0.15) is 0 Å². The molecule has 178 valence electrons. The van der Waals surface area contributed by atoms with Crippen LogP contribution >= 0.6 is 12.2 Å². The number of rotatable bonds is 8. The van der Waals surface area contributed by atoms with Crippen molar-refractivity contribution in [2.24, 2.45) is 0 Å². The minimum Gasteiger partial charge on any atom is -0.463 e. The number of amides is 2. The van der Waals surface area contributed by atoms with Gasteiger partial charge in [-0.15, -0.1) is 0 Å². The Morgan fingerprint density at radius 2 is 1.43 bits per heavy atom. The molecular formula is C26H24N4O4S. The molecule has 0 heterocycles. The van der Waals surface area contributed by atoms with E-state index in [1.54, 1.807) is 43.3 Å². The van der Waals surface area contributed by atoms with Gasteiger partial charge in [-0.3, -0.25) is 14.9 Å². The van der Waals surface area contributed by atoms with Gasteiger partial charge in [0.05, 0.1) is 17.9 Å². The van der Waals surface area contributed by atoms with Gasteiger partial charge in [-0.25, -0.2) is 4.79 Å². The lowest BCUT2D eigenvalue weighted by Crippen LogP contribution is -2.33. The largest absolute Gasteiger partial charge is 0.463 e. The van der Waals surface area contributed by atoms with Crippen molar-refractivity contribution >= 4 is 57.9 Å². The van der Waals surface area contributed by atoms with Gasteiger partial charge in [0, 0.05) is 29.2 Å². The van der Waals surface area contributed by atoms with E-state index in [1.165, 1.54) is 0 Å². The van der Waals surface area contributed by atoms with Crippen molar-refractivity contribution in [1.82, 2.24) is 5.32 Å². The number of nitrogens with one attached hydrogen (secondary N) is 4. The molecule has 0 fully saturated rings. The normalized spacial score (nSPS) is 10.3. The summed E-state index contributed by atoms with van der Waals surface area (Å²) in [5.74, 6) is -1.60. The molecule has 9 heteroatoms. The number of carbonyl (C=O) groups is 3. The number of benzene rings is 3. The maximum Gasteiger partial charge on any atom is 0.330 e. The van der Waals surface area contributed by atoms with Crippen molar-refractivity contribution in [3.63, 3.8) is 0 Å². The molecule has 3 rings (SSSR count). The standard InChI is InChI=1S/C26H24N4O4S/c1-2-34-24(32)17-16-23(31)30-26(35)29-22-11-7-6-10-21(22)25(33)28-20-14-12-19(13-15-20)27-18-8-4-3-5-9-18/h3-17,27H,2H2,1H3,(H,28,33)(H2,29,30,31,35). The predicted molar refractivity (Wildman–Crippen MR) is 141 cm³/mol. The van der Waals surface area contributed by atoms with E-state index in [-0.39, 0.29) is 17.6 Å². The lowest BCUT2D eigenvalue weighted by molar-refractivity contribution is -0.137. The monoisotopic (exact) mass is 488 g/mol. The third-order valence-electron chi connectivity index (χ3n) is 4.52. The van der Waals surface area contributed by atoms with Crippen LogP contribution in [0.1, 0.15) is 17.3 Å². The van der Waals surface area contributed by atoms with E-state index in [1.807, 2.05) is 42.5 Å². The molecular weight excluding hydrogens is 464 g/mol. The van der Waals surface area contributed by atoms with Crippen LogP contribution in [0.3, 0.4) is 0 Å². The Balaban J connectivity index is 1.59. The van der Waals surface area contributed by atoms with Gasteiger partial charge < -0.3 is 20.7 Å². The fourth-order valence-electron chi connectivity index (χ4n) is 2.95. The van der Waals surface area contributed by atoms with Crippen molar-refractivity contribution in [3.05, 3.63) is 96.6 Å². The molecule has 0 atom stereocenters. The van der Waals surface area contributed by atoms with E-state index in [0.717, 1.165) is 23.5 Å². The van der Waals surface area contributed by atoms with E-state index in [9.17, 15) is 14.4 Å². The van der Waals surface area contributed by atoms with Gasteiger partial charge >= 0.3 is 5.97 Å². The lowest BCUT2D eigenvalue weighted by atomic mass is 10.1. The number of para-hydroxylation sites is 2. The Hall–Kier alpha value is -4.50. The molecule has 0 unspecified atom stereocenters. The van der Waals surface area contributed by atoms with E-state index in [2.05, 4.69) is 21.3 Å². The minimum atomic E-state index is -0.632. The van der Waals surface area contributed by atoms with Crippen LogP contribution in [0.2, 0.25) is 0 Å². The minimum absolute atomic E-state index is 0.0277. The summed E-state index contributed by atoms with van der Waals surface area (Å²) >= 11 is 5.16. The molecule has 0 aliphatic carbocycles. The molecule has 0 saturated carbocycles. The second-order valence-electron chi connectivity index (χ2n) is 7.10. The van der Waals surface area contributed by atoms with E-state index in [0.29, 0.717) is 16.9 Å². The first kappa shape index (κ1) is 25.1. The van der Waals surface area contributed by atoms with Gasteiger partial charge in [0.25, 0.3) is 5.91 Å². The molecule has 3 aromatic carbocycles. The smallest absolute Gasteiger partial charge is 0.330 e. The number of hydrogen-bond donors (Lipinski definition) is 4. The molecule has 0 aliphatic rings. The summed E-state index contributed by atoms with van der Waals surface area (Å²) in [4.78, 5) is 36.1. The first-order chi connectivity index (χ1) is 16.9. The fourth-order valence-corrected chi connectivity index (χ4v) is 3.17. The average Bonchev–Trinajstić information content (AvgIpc) is 2.85. The van der Waals surface area contributed by atoms with Crippen LogP contribution in [-0.2, 0) is 14.3 Å². The number of anilines is 4. The SMILES string of the molecule is CCOC(=O)C=CC(=O)NC(=S)Nc1ccccc1C(=O)Nc1ccc(Nc2ccccc2)cc1. The fraction of sp³-hybridized carbons (Fsp3) is 0.0769. The van der Waals surface area contributed by atoms with Crippen molar-refractivity contribution < 1.29 is 19.1 Å². The molecule has 35 heavy (non-hydrogen) atoms. The van der Waals surface area contributed by atoms with Crippen molar-refractivity contribution in [1.29, 1.82) is 0 Å². The molecule has 0 bridgehead atoms. The Morgan fingerprint density at radius 3 is 2.14 bits per heavy atom. The van der Waals surface area contributed by atoms with Crippen LogP contribution < -0.4 is 21.3 Å². The van der Waals surface area contributed by atoms with Crippen molar-refractivity contribution in [2.45, 2.75) is 6.92 Å². The molecule has 0 saturated heterocycles. The lowest BCUT2D eigenvalue weighted by Gasteiger charge is -2.13. The summed E-state index contributed by atoms with van der Waals surface area (Å²) in [6.07, 6.45) is 2.02. The first-order valence-electron chi connectivity index (χ1n) is 10.7. The maximum absolute atomic E-state index is 12.9. The number of esters is 1. The summed E-state index contributed by atoms with van der Waals surface area (Å²) in [5, 5.41) is 11.4. The number of carbonyl (C=O) groups excluding carboxylic acids is 3. The second kappa shape index (κ2) is 12.7. The zero-order chi connectivity index (χ0) is 25.0. The first-order valence-corrected chi connectivity index (χ1v) is 11.1. The highest BCUT2D eigenvalue weighted by Crippen LogP contribution is 2.21. The van der Waals surface area contributed by atoms with E-state index in [4.69, 9.17) is 17.0 Å². The van der Waals surface area contributed by atoms with Gasteiger partial charge in [0.15, 0.2) is 5.11 Å². The number of ether oxygens (including phenoxy) is 1. The van der Waals surface area contributed by atoms with Crippen LogP contribution in [0.5, 0.6) is 0 Å². The van der Waals surface area contributed by atoms with Gasteiger partial charge in [-0.05, 0) is 67.7 Å². The third kappa shape index (κ3) is 8.09. The summed E-state index contributed by atoms with van der Waals surface area (Å²) in [5.41, 5.74) is 3.20. The molecule has 0 spiro atoms. The van der Waals surface area contributed by atoms with Crippen LogP contribution in [0.25, 0.3) is 0 Å². The Labute approximate surface area is 208 Å². The molecule has 0 aliphatic heterocycles. The van der Waals surface area contributed by atoms with Gasteiger partial charge in [0.1, 0.15) is 0 Å². The summed E-state index contributed by atoms with van der Waals surface area (Å²) < 4.78 is 4.71. The average molecular weight is 489 g/mol. The number of thiocarbonyl (C=S) groups is 1. The van der Waals surface area contributed by atoms with Crippen LogP contribution in [-0.4, -0.2) is 29.5 Å².